The van der Waals surface area contributed by atoms with Crippen molar-refractivity contribution in [1.29, 1.82) is 0 Å². The molecule has 0 fully saturated rings. The van der Waals surface area contributed by atoms with Gasteiger partial charge in [-0.15, -0.1) is 0 Å². The van der Waals surface area contributed by atoms with Gasteiger partial charge >= 0.3 is 5.97 Å². The number of hydrogen-bond acceptors (Lipinski definition) is 3. The average molecular weight is 385 g/mol. The molecule has 1 aliphatic heterocycles. The number of rotatable bonds is 9. The predicted octanol–water partition coefficient (Wildman–Crippen LogP) is 6.10. The maximum absolute atomic E-state index is 10.7. The zero-order valence-corrected chi connectivity index (χ0v) is 16.9. The highest BCUT2D eigenvalue weighted by atomic mass is 16.5. The van der Waals surface area contributed by atoms with E-state index in [-0.39, 0.29) is 18.3 Å². The van der Waals surface area contributed by atoms with Gasteiger partial charge in [0.2, 0.25) is 0 Å². The summed E-state index contributed by atoms with van der Waals surface area (Å²) in [5.41, 5.74) is 3.39. The Morgan fingerprint density at radius 2 is 1.89 bits per heavy atom. The van der Waals surface area contributed by atoms with Crippen molar-refractivity contribution in [3.05, 3.63) is 47.2 Å². The number of phenols is 1. The first-order chi connectivity index (χ1) is 13.5. The van der Waals surface area contributed by atoms with E-state index in [1.165, 1.54) is 5.57 Å². The fourth-order valence-corrected chi connectivity index (χ4v) is 4.48. The van der Waals surface area contributed by atoms with Crippen molar-refractivity contribution in [3.63, 3.8) is 0 Å². The smallest absolute Gasteiger partial charge is 0.303 e. The van der Waals surface area contributed by atoms with E-state index in [2.05, 4.69) is 25.6 Å². The molecule has 0 saturated carbocycles. The molecule has 4 heteroatoms. The number of ether oxygens (including phenoxy) is 1. The molecule has 0 radical (unpaired) electrons. The van der Waals surface area contributed by atoms with Crippen LogP contribution in [0, 0.1) is 5.92 Å². The summed E-state index contributed by atoms with van der Waals surface area (Å²) in [7, 11) is 0. The minimum atomic E-state index is -0.706. The number of fused-ring (bicyclic) bond motifs is 3. The van der Waals surface area contributed by atoms with Gasteiger partial charge in [-0.25, -0.2) is 0 Å². The van der Waals surface area contributed by atoms with Gasteiger partial charge < -0.3 is 14.9 Å². The topological polar surface area (TPSA) is 66.8 Å². The van der Waals surface area contributed by atoms with Gasteiger partial charge in [-0.3, -0.25) is 4.79 Å². The molecule has 28 heavy (non-hydrogen) atoms. The number of carboxylic acid groups (broad SMARTS) is 1. The van der Waals surface area contributed by atoms with Gasteiger partial charge in [-0.05, 0) is 56.7 Å². The second-order valence-corrected chi connectivity index (χ2v) is 8.29. The Kier molecular flexibility index (Phi) is 6.82. The van der Waals surface area contributed by atoms with Gasteiger partial charge in [0.15, 0.2) is 0 Å². The first-order valence-corrected chi connectivity index (χ1v) is 10.6. The molecule has 0 bridgehead atoms. The monoisotopic (exact) mass is 384 g/mol. The number of aryl methyl sites for hydroxylation is 1. The van der Waals surface area contributed by atoms with E-state index in [9.17, 15) is 9.90 Å². The van der Waals surface area contributed by atoms with Crippen LogP contribution in [0.2, 0.25) is 0 Å². The fourth-order valence-electron chi connectivity index (χ4n) is 4.48. The molecule has 2 aliphatic rings. The second-order valence-electron chi connectivity index (χ2n) is 8.29. The summed E-state index contributed by atoms with van der Waals surface area (Å²) in [5, 5.41) is 19.3. The number of unbranched alkanes of at least 4 members (excludes halogenated alkanes) is 5. The van der Waals surface area contributed by atoms with Gasteiger partial charge in [-0.2, -0.15) is 0 Å². The SMILES string of the molecule is C=C1Oc2cc(CCCCCCCCC(=O)O)cc(O)c2[C@@H]2C=C(C)CC[C@@H]12. The number of carboxylic acids is 1. The van der Waals surface area contributed by atoms with E-state index < -0.39 is 5.97 Å². The largest absolute Gasteiger partial charge is 0.507 e. The Labute approximate surface area is 167 Å². The summed E-state index contributed by atoms with van der Waals surface area (Å²) >= 11 is 0. The summed E-state index contributed by atoms with van der Waals surface area (Å²) in [6, 6.07) is 3.97. The van der Waals surface area contributed by atoms with Crippen molar-refractivity contribution in [3.8, 4) is 11.5 Å². The molecule has 0 unspecified atom stereocenters. The lowest BCUT2D eigenvalue weighted by molar-refractivity contribution is -0.137. The molecule has 0 aromatic heterocycles. The van der Waals surface area contributed by atoms with E-state index in [0.717, 1.165) is 80.4 Å². The lowest BCUT2D eigenvalue weighted by atomic mass is 9.74. The standard InChI is InChI=1S/C24H32O4/c1-16-11-12-19-17(2)28-22-15-18(14-21(25)24(22)20(19)13-16)9-7-5-3-4-6-8-10-23(26)27/h13-15,19-20,25H,2-12H2,1H3,(H,26,27)/t19-,20+/m0/s1. The van der Waals surface area contributed by atoms with Crippen LogP contribution in [0.5, 0.6) is 11.5 Å². The number of hydrogen-bond donors (Lipinski definition) is 2. The van der Waals surface area contributed by atoms with Crippen molar-refractivity contribution < 1.29 is 19.7 Å². The van der Waals surface area contributed by atoms with Crippen LogP contribution in [-0.4, -0.2) is 16.2 Å². The third kappa shape index (κ3) is 4.98. The van der Waals surface area contributed by atoms with Crippen molar-refractivity contribution in [1.82, 2.24) is 0 Å². The molecule has 0 amide bonds. The average Bonchev–Trinajstić information content (AvgIpc) is 2.63. The molecule has 152 valence electrons. The molecule has 1 aliphatic carbocycles. The third-order valence-electron chi connectivity index (χ3n) is 6.02. The normalized spacial score (nSPS) is 20.8. The molecule has 1 heterocycles. The van der Waals surface area contributed by atoms with Crippen molar-refractivity contribution in [2.24, 2.45) is 5.92 Å². The van der Waals surface area contributed by atoms with E-state index in [1.807, 2.05) is 6.07 Å². The minimum Gasteiger partial charge on any atom is -0.507 e. The molecule has 1 aromatic carbocycles. The summed E-state index contributed by atoms with van der Waals surface area (Å²) in [5.74, 6) is 1.65. The zero-order valence-electron chi connectivity index (χ0n) is 16.9. The molecule has 0 spiro atoms. The van der Waals surface area contributed by atoms with E-state index in [1.54, 1.807) is 0 Å². The van der Waals surface area contributed by atoms with Gasteiger partial charge in [-0.1, -0.05) is 43.9 Å². The maximum atomic E-state index is 10.7. The van der Waals surface area contributed by atoms with E-state index >= 15 is 0 Å². The minimum absolute atomic E-state index is 0.171. The van der Waals surface area contributed by atoms with Crippen LogP contribution in [0.4, 0.5) is 0 Å². The highest BCUT2D eigenvalue weighted by molar-refractivity contribution is 5.66. The van der Waals surface area contributed by atoms with Crippen LogP contribution >= 0.6 is 0 Å². The first-order valence-electron chi connectivity index (χ1n) is 10.6. The Hall–Kier alpha value is -2.23. The Morgan fingerprint density at radius 1 is 1.18 bits per heavy atom. The van der Waals surface area contributed by atoms with Gasteiger partial charge in [0.1, 0.15) is 17.3 Å². The summed E-state index contributed by atoms with van der Waals surface area (Å²) < 4.78 is 6.02. The van der Waals surface area contributed by atoms with Crippen LogP contribution in [-0.2, 0) is 11.2 Å². The van der Waals surface area contributed by atoms with Crippen LogP contribution in [0.1, 0.15) is 81.8 Å². The van der Waals surface area contributed by atoms with Crippen LogP contribution in [0.15, 0.2) is 36.1 Å². The van der Waals surface area contributed by atoms with Crippen LogP contribution in [0.3, 0.4) is 0 Å². The Morgan fingerprint density at radius 3 is 2.64 bits per heavy atom. The molecular formula is C24H32O4. The predicted molar refractivity (Wildman–Crippen MR) is 111 cm³/mol. The number of aromatic hydroxyl groups is 1. The second kappa shape index (κ2) is 9.31. The third-order valence-corrected chi connectivity index (χ3v) is 6.02. The molecular weight excluding hydrogens is 352 g/mol. The van der Waals surface area contributed by atoms with Crippen molar-refractivity contribution in [2.75, 3.05) is 0 Å². The van der Waals surface area contributed by atoms with Crippen molar-refractivity contribution >= 4 is 5.97 Å². The number of allylic oxidation sites excluding steroid dienone is 3. The lowest BCUT2D eigenvalue weighted by Gasteiger charge is -2.37. The molecule has 3 rings (SSSR count). The van der Waals surface area contributed by atoms with Crippen molar-refractivity contribution in [2.45, 2.75) is 77.0 Å². The molecule has 2 N–H and O–H groups in total. The quantitative estimate of drug-likeness (QED) is 0.399. The fraction of sp³-hybridized carbons (Fsp3) is 0.542. The van der Waals surface area contributed by atoms with Gasteiger partial charge in [0.25, 0.3) is 0 Å². The number of carbonyl (C=O) groups is 1. The summed E-state index contributed by atoms with van der Waals surface area (Å²) in [4.78, 5) is 10.5. The van der Waals surface area contributed by atoms with Crippen LogP contribution in [0.25, 0.3) is 0 Å². The number of aliphatic carboxylic acids is 1. The van der Waals surface area contributed by atoms with E-state index in [4.69, 9.17) is 9.84 Å². The Bertz CT molecular complexity index is 762. The lowest BCUT2D eigenvalue weighted by Crippen LogP contribution is -2.25. The van der Waals surface area contributed by atoms with Gasteiger partial charge in [0.05, 0.1) is 0 Å². The molecule has 1 aromatic rings. The number of benzene rings is 1. The molecule has 4 nitrogen and oxygen atoms in total. The maximum Gasteiger partial charge on any atom is 0.303 e. The first kappa shape index (κ1) is 20.5. The summed E-state index contributed by atoms with van der Waals surface area (Å²) in [6.45, 7) is 6.29. The highest BCUT2D eigenvalue weighted by Gasteiger charge is 2.36. The summed E-state index contributed by atoms with van der Waals surface area (Å²) in [6.07, 6.45) is 11.7. The van der Waals surface area contributed by atoms with E-state index in [0.29, 0.717) is 5.75 Å². The number of phenolic OH excluding ortho intramolecular Hbond substituents is 1. The van der Waals surface area contributed by atoms with Gasteiger partial charge in [0, 0.05) is 23.8 Å². The zero-order chi connectivity index (χ0) is 20.1. The van der Waals surface area contributed by atoms with Crippen LogP contribution < -0.4 is 4.74 Å². The molecule has 0 saturated heterocycles. The molecule has 2 atom stereocenters. The Balaban J connectivity index is 1.55. The highest BCUT2D eigenvalue weighted by Crippen LogP contribution is 2.51.